The van der Waals surface area contributed by atoms with E-state index >= 15 is 0 Å². The molecule has 0 aliphatic carbocycles. The van der Waals surface area contributed by atoms with E-state index in [1.165, 1.54) is 24.8 Å². The molecule has 0 bridgehead atoms. The molecular weight excluding hydrogens is 252 g/mol. The highest BCUT2D eigenvalue weighted by atomic mass is 16.2. The Morgan fingerprint density at radius 1 is 1.15 bits per heavy atom. The quantitative estimate of drug-likeness (QED) is 0.810. The maximum absolute atomic E-state index is 12.0. The second-order valence-corrected chi connectivity index (χ2v) is 5.32. The zero-order chi connectivity index (χ0) is 14.7. The third-order valence-electron chi connectivity index (χ3n) is 3.86. The number of hydrogen-bond donors (Lipinski definition) is 1. The summed E-state index contributed by atoms with van der Waals surface area (Å²) in [6.45, 7) is 4.34. The van der Waals surface area contributed by atoms with Crippen LogP contribution in [-0.4, -0.2) is 29.8 Å². The molecule has 1 heterocycles. The molecule has 4 nitrogen and oxygen atoms in total. The van der Waals surface area contributed by atoms with Crippen LogP contribution in [0.2, 0.25) is 0 Å². The van der Waals surface area contributed by atoms with Crippen LogP contribution in [0, 0.1) is 0 Å². The van der Waals surface area contributed by atoms with Crippen LogP contribution >= 0.6 is 0 Å². The molecule has 1 aliphatic rings. The molecule has 0 radical (unpaired) electrons. The van der Waals surface area contributed by atoms with Crippen molar-refractivity contribution in [3.63, 3.8) is 0 Å². The van der Waals surface area contributed by atoms with Gasteiger partial charge in [-0.1, -0.05) is 26.7 Å². The molecule has 0 saturated heterocycles. The fraction of sp³-hybridized carbons (Fsp3) is 0.500. The van der Waals surface area contributed by atoms with Crippen LogP contribution in [0.5, 0.6) is 0 Å². The van der Waals surface area contributed by atoms with Gasteiger partial charge < -0.3 is 5.32 Å². The molecule has 1 aromatic carbocycles. The van der Waals surface area contributed by atoms with Crippen molar-refractivity contribution in [3.8, 4) is 0 Å². The number of anilines is 1. The van der Waals surface area contributed by atoms with Crippen molar-refractivity contribution in [2.45, 2.75) is 45.6 Å². The van der Waals surface area contributed by atoms with E-state index in [0.717, 1.165) is 18.5 Å². The molecule has 0 fully saturated rings. The lowest BCUT2D eigenvalue weighted by Crippen LogP contribution is -2.24. The van der Waals surface area contributed by atoms with Crippen molar-refractivity contribution in [1.29, 1.82) is 0 Å². The summed E-state index contributed by atoms with van der Waals surface area (Å²) in [6, 6.07) is 5.84. The molecule has 108 valence electrons. The Morgan fingerprint density at radius 2 is 1.85 bits per heavy atom. The molecule has 1 aliphatic heterocycles. The van der Waals surface area contributed by atoms with Crippen molar-refractivity contribution in [2.75, 3.05) is 12.4 Å². The SMILES string of the molecule is CCCCC(CC)Nc1ccc2c(c1)C(=O)N(C)C2=O. The van der Waals surface area contributed by atoms with Gasteiger partial charge in [-0.2, -0.15) is 0 Å². The standard InChI is InChI=1S/C16H22N2O2/c1-4-6-7-11(5-2)17-12-8-9-13-14(10-12)16(20)18(3)15(13)19/h8-11,17H,4-7H2,1-3H3. The number of fused-ring (bicyclic) bond motifs is 1. The van der Waals surface area contributed by atoms with Crippen molar-refractivity contribution >= 4 is 17.5 Å². The Kier molecular flexibility index (Phi) is 4.42. The number of nitrogens with one attached hydrogen (secondary N) is 1. The maximum Gasteiger partial charge on any atom is 0.261 e. The smallest absolute Gasteiger partial charge is 0.261 e. The van der Waals surface area contributed by atoms with Gasteiger partial charge in [-0.25, -0.2) is 0 Å². The predicted octanol–water partition coefficient (Wildman–Crippen LogP) is 3.29. The number of hydrogen-bond acceptors (Lipinski definition) is 3. The van der Waals surface area contributed by atoms with Gasteiger partial charge in [-0.05, 0) is 31.0 Å². The van der Waals surface area contributed by atoms with Gasteiger partial charge in [0.2, 0.25) is 0 Å². The minimum atomic E-state index is -0.213. The molecule has 1 atom stereocenters. The molecule has 1 N–H and O–H groups in total. The summed E-state index contributed by atoms with van der Waals surface area (Å²) in [6.07, 6.45) is 4.54. The lowest BCUT2D eigenvalue weighted by atomic mass is 10.1. The number of benzene rings is 1. The maximum atomic E-state index is 12.0. The summed E-state index contributed by atoms with van der Waals surface area (Å²) in [5.41, 5.74) is 1.93. The van der Waals surface area contributed by atoms with E-state index in [1.54, 1.807) is 12.1 Å². The van der Waals surface area contributed by atoms with Crippen LogP contribution in [0.3, 0.4) is 0 Å². The number of unbranched alkanes of at least 4 members (excludes halogenated alkanes) is 1. The number of carbonyl (C=O) groups excluding carboxylic acids is 2. The second kappa shape index (κ2) is 6.07. The zero-order valence-electron chi connectivity index (χ0n) is 12.4. The van der Waals surface area contributed by atoms with Gasteiger partial charge in [-0.15, -0.1) is 0 Å². The van der Waals surface area contributed by atoms with Crippen LogP contribution in [0.4, 0.5) is 5.69 Å². The number of carbonyl (C=O) groups is 2. The van der Waals surface area contributed by atoms with E-state index in [4.69, 9.17) is 0 Å². The van der Waals surface area contributed by atoms with Crippen LogP contribution in [0.1, 0.15) is 60.2 Å². The highest BCUT2D eigenvalue weighted by Crippen LogP contribution is 2.25. The molecule has 2 rings (SSSR count). The Hall–Kier alpha value is -1.84. The fourth-order valence-electron chi connectivity index (χ4n) is 2.52. The van der Waals surface area contributed by atoms with Crippen molar-refractivity contribution in [1.82, 2.24) is 4.90 Å². The molecule has 0 spiro atoms. The zero-order valence-corrected chi connectivity index (χ0v) is 12.4. The van der Waals surface area contributed by atoms with Gasteiger partial charge in [-0.3, -0.25) is 14.5 Å². The molecule has 1 unspecified atom stereocenters. The molecule has 4 heteroatoms. The van der Waals surface area contributed by atoms with Gasteiger partial charge in [0.25, 0.3) is 11.8 Å². The Balaban J connectivity index is 2.16. The molecule has 1 aromatic rings. The molecular formula is C16H22N2O2. The highest BCUT2D eigenvalue weighted by Gasteiger charge is 2.32. The van der Waals surface area contributed by atoms with Gasteiger partial charge in [0, 0.05) is 18.8 Å². The van der Waals surface area contributed by atoms with Crippen LogP contribution in [-0.2, 0) is 0 Å². The predicted molar refractivity (Wildman–Crippen MR) is 80.1 cm³/mol. The summed E-state index contributed by atoms with van der Waals surface area (Å²) in [7, 11) is 1.52. The van der Waals surface area contributed by atoms with Crippen molar-refractivity contribution < 1.29 is 9.59 Å². The normalized spacial score (nSPS) is 15.4. The van der Waals surface area contributed by atoms with E-state index in [-0.39, 0.29) is 11.8 Å². The summed E-state index contributed by atoms with van der Waals surface area (Å²) in [5, 5.41) is 3.46. The number of rotatable bonds is 6. The number of imide groups is 1. The minimum Gasteiger partial charge on any atom is -0.382 e. The third-order valence-corrected chi connectivity index (χ3v) is 3.86. The highest BCUT2D eigenvalue weighted by molar-refractivity contribution is 6.21. The first-order valence-corrected chi connectivity index (χ1v) is 7.31. The second-order valence-electron chi connectivity index (χ2n) is 5.32. The Labute approximate surface area is 120 Å². The first kappa shape index (κ1) is 14.6. The Morgan fingerprint density at radius 3 is 2.50 bits per heavy atom. The van der Waals surface area contributed by atoms with Crippen molar-refractivity contribution in [2.24, 2.45) is 0 Å². The third kappa shape index (κ3) is 2.69. The van der Waals surface area contributed by atoms with E-state index in [2.05, 4.69) is 19.2 Å². The van der Waals surface area contributed by atoms with Crippen molar-refractivity contribution in [3.05, 3.63) is 29.3 Å². The van der Waals surface area contributed by atoms with Crippen LogP contribution in [0.25, 0.3) is 0 Å². The van der Waals surface area contributed by atoms with Gasteiger partial charge >= 0.3 is 0 Å². The van der Waals surface area contributed by atoms with Gasteiger partial charge in [0.05, 0.1) is 11.1 Å². The monoisotopic (exact) mass is 274 g/mol. The lowest BCUT2D eigenvalue weighted by molar-refractivity contribution is 0.0693. The molecule has 0 aromatic heterocycles. The molecule has 2 amide bonds. The minimum absolute atomic E-state index is 0.213. The van der Waals surface area contributed by atoms with E-state index in [1.807, 2.05) is 6.07 Å². The summed E-state index contributed by atoms with van der Waals surface area (Å²) < 4.78 is 0. The van der Waals surface area contributed by atoms with E-state index in [0.29, 0.717) is 17.2 Å². The Bertz CT molecular complexity index is 525. The van der Waals surface area contributed by atoms with E-state index < -0.39 is 0 Å². The average Bonchev–Trinajstić information content (AvgIpc) is 2.68. The number of nitrogens with zero attached hydrogens (tertiary/aromatic N) is 1. The largest absolute Gasteiger partial charge is 0.382 e. The topological polar surface area (TPSA) is 49.4 Å². The van der Waals surface area contributed by atoms with Crippen LogP contribution in [0.15, 0.2) is 18.2 Å². The molecule has 0 saturated carbocycles. The van der Waals surface area contributed by atoms with E-state index in [9.17, 15) is 9.59 Å². The molecule has 20 heavy (non-hydrogen) atoms. The fourth-order valence-corrected chi connectivity index (χ4v) is 2.52. The first-order chi connectivity index (χ1) is 9.58. The first-order valence-electron chi connectivity index (χ1n) is 7.31. The van der Waals surface area contributed by atoms with Gasteiger partial charge in [0.1, 0.15) is 0 Å². The van der Waals surface area contributed by atoms with Gasteiger partial charge in [0.15, 0.2) is 0 Å². The number of amides is 2. The summed E-state index contributed by atoms with van der Waals surface area (Å²) >= 11 is 0. The van der Waals surface area contributed by atoms with Crippen LogP contribution < -0.4 is 5.32 Å². The average molecular weight is 274 g/mol. The summed E-state index contributed by atoms with van der Waals surface area (Å²) in [5.74, 6) is -0.426. The lowest BCUT2D eigenvalue weighted by Gasteiger charge is -2.18. The summed E-state index contributed by atoms with van der Waals surface area (Å²) in [4.78, 5) is 25.0.